The van der Waals surface area contributed by atoms with Crippen LogP contribution < -0.4 is 5.32 Å². The van der Waals surface area contributed by atoms with Gasteiger partial charge in [0.25, 0.3) is 0 Å². The summed E-state index contributed by atoms with van der Waals surface area (Å²) in [5.74, 6) is 1.34. The van der Waals surface area contributed by atoms with Gasteiger partial charge in [-0.1, -0.05) is 6.92 Å². The van der Waals surface area contributed by atoms with Crippen molar-refractivity contribution in [3.63, 3.8) is 0 Å². The van der Waals surface area contributed by atoms with E-state index in [1.165, 1.54) is 23.6 Å². The van der Waals surface area contributed by atoms with E-state index in [1.807, 2.05) is 6.20 Å². The highest BCUT2D eigenvalue weighted by Gasteiger charge is 2.20. The van der Waals surface area contributed by atoms with Crippen LogP contribution in [0.5, 0.6) is 0 Å². The first-order valence-corrected chi connectivity index (χ1v) is 7.52. The third kappa shape index (κ3) is 3.47. The summed E-state index contributed by atoms with van der Waals surface area (Å²) < 4.78 is 0. The number of nitrogens with zero attached hydrogens (tertiary/aromatic N) is 1. The molecule has 0 spiro atoms. The summed E-state index contributed by atoms with van der Waals surface area (Å²) in [5.41, 5.74) is 0. The zero-order valence-electron chi connectivity index (χ0n) is 9.11. The Morgan fingerprint density at radius 2 is 2.53 bits per heavy atom. The first-order valence-electron chi connectivity index (χ1n) is 5.59. The second-order valence-corrected chi connectivity index (χ2v) is 6.42. The Morgan fingerprint density at radius 3 is 3.27 bits per heavy atom. The van der Waals surface area contributed by atoms with Gasteiger partial charge >= 0.3 is 0 Å². The van der Waals surface area contributed by atoms with E-state index in [-0.39, 0.29) is 0 Å². The van der Waals surface area contributed by atoms with E-state index in [1.54, 1.807) is 11.3 Å². The van der Waals surface area contributed by atoms with Gasteiger partial charge in [-0.3, -0.25) is 0 Å². The smallest absolute Gasteiger partial charge is 0.0937 e. The largest absolute Gasteiger partial charge is 0.312 e. The van der Waals surface area contributed by atoms with Crippen LogP contribution >= 0.6 is 23.1 Å². The monoisotopic (exact) mass is 242 g/mol. The van der Waals surface area contributed by atoms with Crippen LogP contribution in [0.3, 0.4) is 0 Å². The second-order valence-electron chi connectivity index (χ2n) is 3.95. The molecule has 1 aromatic heterocycles. The molecule has 2 heterocycles. The van der Waals surface area contributed by atoms with Crippen molar-refractivity contribution in [1.29, 1.82) is 0 Å². The second kappa shape index (κ2) is 5.87. The molecule has 1 N–H and O–H groups in total. The topological polar surface area (TPSA) is 24.9 Å². The van der Waals surface area contributed by atoms with Gasteiger partial charge in [-0.25, -0.2) is 4.98 Å². The minimum Gasteiger partial charge on any atom is -0.312 e. The first kappa shape index (κ1) is 11.4. The van der Waals surface area contributed by atoms with Crippen LogP contribution in [0.1, 0.15) is 24.8 Å². The van der Waals surface area contributed by atoms with Crippen LogP contribution in [-0.2, 0) is 6.42 Å². The Bertz CT molecular complexity index is 274. The number of thiazole rings is 1. The molecule has 0 bridgehead atoms. The average Bonchev–Trinajstić information content (AvgIpc) is 2.74. The van der Waals surface area contributed by atoms with E-state index >= 15 is 0 Å². The van der Waals surface area contributed by atoms with Gasteiger partial charge in [0.2, 0.25) is 0 Å². The molecule has 0 aliphatic carbocycles. The molecular formula is C11H18N2S2. The Labute approximate surface area is 99.9 Å². The van der Waals surface area contributed by atoms with Gasteiger partial charge in [0.1, 0.15) is 0 Å². The highest BCUT2D eigenvalue weighted by Crippen LogP contribution is 2.24. The van der Waals surface area contributed by atoms with Crippen LogP contribution in [0.15, 0.2) is 11.6 Å². The Morgan fingerprint density at radius 1 is 1.60 bits per heavy atom. The first-order chi connectivity index (χ1) is 7.36. The average molecular weight is 242 g/mol. The Balaban J connectivity index is 1.68. The lowest BCUT2D eigenvalue weighted by Crippen LogP contribution is -2.40. The predicted octanol–water partition coefficient (Wildman–Crippen LogP) is 2.56. The zero-order valence-corrected chi connectivity index (χ0v) is 10.7. The normalized spacial score (nSPS) is 26.7. The van der Waals surface area contributed by atoms with Crippen LogP contribution in [0.4, 0.5) is 0 Å². The van der Waals surface area contributed by atoms with Crippen LogP contribution in [0.2, 0.25) is 0 Å². The maximum absolute atomic E-state index is 4.29. The minimum atomic E-state index is 0.712. The molecule has 2 atom stereocenters. The Hall–Kier alpha value is -0.0600. The summed E-state index contributed by atoms with van der Waals surface area (Å²) in [5, 5.41) is 7.73. The van der Waals surface area contributed by atoms with Crippen molar-refractivity contribution in [1.82, 2.24) is 10.3 Å². The van der Waals surface area contributed by atoms with Crippen LogP contribution in [0, 0.1) is 0 Å². The summed E-state index contributed by atoms with van der Waals surface area (Å²) >= 11 is 3.85. The van der Waals surface area contributed by atoms with E-state index < -0.39 is 0 Å². The van der Waals surface area contributed by atoms with Crippen LogP contribution in [-0.4, -0.2) is 28.6 Å². The predicted molar refractivity (Wildman–Crippen MR) is 68.8 cm³/mol. The van der Waals surface area contributed by atoms with Crippen molar-refractivity contribution >= 4 is 23.1 Å². The number of nitrogens with one attached hydrogen (secondary N) is 1. The molecular weight excluding hydrogens is 224 g/mol. The molecule has 2 nitrogen and oxygen atoms in total. The Kier molecular flexibility index (Phi) is 4.47. The van der Waals surface area contributed by atoms with E-state index in [4.69, 9.17) is 0 Å². The van der Waals surface area contributed by atoms with Crippen molar-refractivity contribution in [3.05, 3.63) is 16.6 Å². The van der Waals surface area contributed by atoms with Gasteiger partial charge in [0.15, 0.2) is 0 Å². The third-order valence-electron chi connectivity index (χ3n) is 2.84. The molecule has 2 rings (SSSR count). The van der Waals surface area contributed by atoms with Gasteiger partial charge in [-0.2, -0.15) is 11.8 Å². The fraction of sp³-hybridized carbons (Fsp3) is 0.727. The van der Waals surface area contributed by atoms with E-state index in [0.717, 1.165) is 18.2 Å². The fourth-order valence-corrected chi connectivity index (χ4v) is 3.72. The van der Waals surface area contributed by atoms with Crippen molar-refractivity contribution in [2.75, 3.05) is 12.3 Å². The number of hydrogen-bond acceptors (Lipinski definition) is 4. The molecule has 2 unspecified atom stereocenters. The van der Waals surface area contributed by atoms with Crippen molar-refractivity contribution in [2.24, 2.45) is 0 Å². The van der Waals surface area contributed by atoms with Crippen molar-refractivity contribution in [3.8, 4) is 0 Å². The minimum absolute atomic E-state index is 0.712. The number of hydrogen-bond donors (Lipinski definition) is 1. The lowest BCUT2D eigenvalue weighted by molar-refractivity contribution is 0.466. The molecule has 1 aliphatic heterocycles. The van der Waals surface area contributed by atoms with Crippen molar-refractivity contribution in [2.45, 2.75) is 37.5 Å². The maximum atomic E-state index is 4.29. The van der Waals surface area contributed by atoms with Crippen molar-refractivity contribution < 1.29 is 0 Å². The molecule has 1 aromatic rings. The van der Waals surface area contributed by atoms with E-state index in [9.17, 15) is 0 Å². The van der Waals surface area contributed by atoms with Gasteiger partial charge in [0, 0.05) is 35.8 Å². The molecule has 15 heavy (non-hydrogen) atoms. The number of rotatable bonds is 4. The summed E-state index contributed by atoms with van der Waals surface area (Å²) in [6.07, 6.45) is 5.67. The molecule has 0 amide bonds. The molecule has 1 saturated heterocycles. The third-order valence-corrected chi connectivity index (χ3v) is 5.05. The van der Waals surface area contributed by atoms with Gasteiger partial charge in [-0.05, 0) is 18.6 Å². The lowest BCUT2D eigenvalue weighted by Gasteiger charge is -2.29. The molecule has 0 aromatic carbocycles. The molecule has 0 radical (unpaired) electrons. The molecule has 84 valence electrons. The van der Waals surface area contributed by atoms with Gasteiger partial charge < -0.3 is 5.32 Å². The molecule has 1 fully saturated rings. The summed E-state index contributed by atoms with van der Waals surface area (Å²) in [7, 11) is 0. The number of aromatic nitrogens is 1. The van der Waals surface area contributed by atoms with Crippen LogP contribution in [0.25, 0.3) is 0 Å². The van der Waals surface area contributed by atoms with Gasteiger partial charge in [-0.15, -0.1) is 11.3 Å². The highest BCUT2D eigenvalue weighted by atomic mass is 32.2. The van der Waals surface area contributed by atoms with Gasteiger partial charge in [0.05, 0.1) is 5.01 Å². The van der Waals surface area contributed by atoms with E-state index in [2.05, 4.69) is 34.4 Å². The number of thioether (sulfide) groups is 1. The SMILES string of the molecule is CC1SCCCC1NCCc1nccs1. The molecule has 1 aliphatic rings. The maximum Gasteiger partial charge on any atom is 0.0937 e. The summed E-state index contributed by atoms with van der Waals surface area (Å²) in [6, 6.07) is 0.712. The molecule has 4 heteroatoms. The summed E-state index contributed by atoms with van der Waals surface area (Å²) in [4.78, 5) is 4.29. The fourth-order valence-electron chi connectivity index (χ4n) is 1.93. The highest BCUT2D eigenvalue weighted by molar-refractivity contribution is 7.99. The molecule has 0 saturated carbocycles. The van der Waals surface area contributed by atoms with E-state index in [0.29, 0.717) is 6.04 Å². The quantitative estimate of drug-likeness (QED) is 0.878. The zero-order chi connectivity index (χ0) is 10.5. The summed E-state index contributed by atoms with van der Waals surface area (Å²) in [6.45, 7) is 3.41. The standard InChI is InChI=1S/C11H18N2S2/c1-9-10(3-2-7-14-9)12-5-4-11-13-6-8-15-11/h6,8-10,12H,2-5,7H2,1H3. The lowest BCUT2D eigenvalue weighted by atomic mass is 10.1.